The van der Waals surface area contributed by atoms with Crippen LogP contribution in [0.5, 0.6) is 0 Å². The molecule has 4 rings (SSSR count). The molecule has 0 aliphatic carbocycles. The van der Waals surface area contributed by atoms with Crippen LogP contribution in [0.15, 0.2) is 28.7 Å². The van der Waals surface area contributed by atoms with Crippen molar-refractivity contribution in [3.05, 3.63) is 24.3 Å². The van der Waals surface area contributed by atoms with E-state index in [1.54, 1.807) is 0 Å². The highest BCUT2D eigenvalue weighted by Gasteiger charge is 2.37. The zero-order chi connectivity index (χ0) is 13.4. The van der Waals surface area contributed by atoms with Gasteiger partial charge in [0.25, 0.3) is 6.01 Å². The van der Waals surface area contributed by atoms with E-state index in [-0.39, 0.29) is 0 Å². The molecule has 2 aliphatic rings. The molecular weight excluding hydrogens is 250 g/mol. The van der Waals surface area contributed by atoms with Crippen molar-refractivity contribution in [1.29, 1.82) is 0 Å². The van der Waals surface area contributed by atoms with Crippen LogP contribution in [0, 0.1) is 5.41 Å². The molecule has 4 nitrogen and oxygen atoms in total. The van der Waals surface area contributed by atoms with Gasteiger partial charge in [-0.25, -0.2) is 0 Å². The van der Waals surface area contributed by atoms with Crippen LogP contribution < -0.4 is 10.2 Å². The molecule has 2 fully saturated rings. The highest BCUT2D eigenvalue weighted by Crippen LogP contribution is 2.37. The number of nitrogens with zero attached hydrogens (tertiary/aromatic N) is 2. The molecule has 1 N–H and O–H groups in total. The van der Waals surface area contributed by atoms with Crippen LogP contribution in [-0.4, -0.2) is 31.2 Å². The SMILES string of the molecule is c1ccc2oc(N3CCCC4(CCCNC4)C3)nc2c1. The maximum Gasteiger partial charge on any atom is 0.298 e. The number of rotatable bonds is 1. The molecule has 106 valence electrons. The summed E-state index contributed by atoms with van der Waals surface area (Å²) in [6.45, 7) is 4.45. The second kappa shape index (κ2) is 4.77. The van der Waals surface area contributed by atoms with Gasteiger partial charge in [-0.15, -0.1) is 0 Å². The van der Waals surface area contributed by atoms with Crippen molar-refractivity contribution in [3.8, 4) is 0 Å². The average Bonchev–Trinajstić information content (AvgIpc) is 2.92. The van der Waals surface area contributed by atoms with Crippen molar-refractivity contribution < 1.29 is 4.42 Å². The number of anilines is 1. The van der Waals surface area contributed by atoms with Gasteiger partial charge in [-0.05, 0) is 44.4 Å². The zero-order valence-corrected chi connectivity index (χ0v) is 11.8. The summed E-state index contributed by atoms with van der Waals surface area (Å²) in [6, 6.07) is 8.82. The predicted molar refractivity (Wildman–Crippen MR) is 80.0 cm³/mol. The van der Waals surface area contributed by atoms with Crippen LogP contribution >= 0.6 is 0 Å². The Morgan fingerprint density at radius 2 is 2.10 bits per heavy atom. The molecule has 0 bridgehead atoms. The average molecular weight is 271 g/mol. The summed E-state index contributed by atoms with van der Waals surface area (Å²) in [5.41, 5.74) is 2.28. The Labute approximate surface area is 119 Å². The lowest BCUT2D eigenvalue weighted by atomic mass is 9.74. The lowest BCUT2D eigenvalue weighted by Crippen LogP contribution is -2.51. The first-order valence-electron chi connectivity index (χ1n) is 7.66. The first-order valence-corrected chi connectivity index (χ1v) is 7.66. The Hall–Kier alpha value is -1.55. The molecule has 0 radical (unpaired) electrons. The Balaban J connectivity index is 1.61. The van der Waals surface area contributed by atoms with Gasteiger partial charge in [0, 0.05) is 25.0 Å². The van der Waals surface area contributed by atoms with E-state index in [1.807, 2.05) is 24.3 Å². The molecule has 1 atom stereocenters. The molecule has 2 saturated heterocycles. The maximum atomic E-state index is 5.94. The van der Waals surface area contributed by atoms with Gasteiger partial charge in [-0.3, -0.25) is 0 Å². The molecule has 0 saturated carbocycles. The first-order chi connectivity index (χ1) is 9.85. The van der Waals surface area contributed by atoms with E-state index < -0.39 is 0 Å². The fraction of sp³-hybridized carbons (Fsp3) is 0.562. The Bertz CT molecular complexity index is 562. The summed E-state index contributed by atoms with van der Waals surface area (Å²) >= 11 is 0. The fourth-order valence-corrected chi connectivity index (χ4v) is 3.75. The van der Waals surface area contributed by atoms with E-state index in [9.17, 15) is 0 Å². The summed E-state index contributed by atoms with van der Waals surface area (Å²) in [4.78, 5) is 7.00. The summed E-state index contributed by atoms with van der Waals surface area (Å²) in [6.07, 6.45) is 5.19. The van der Waals surface area contributed by atoms with Gasteiger partial charge in [0.15, 0.2) is 5.58 Å². The number of oxazole rings is 1. The quantitative estimate of drug-likeness (QED) is 0.866. The lowest BCUT2D eigenvalue weighted by Gasteiger charge is -2.44. The first kappa shape index (κ1) is 12.2. The minimum atomic E-state index is 0.428. The van der Waals surface area contributed by atoms with Crippen molar-refractivity contribution in [3.63, 3.8) is 0 Å². The number of para-hydroxylation sites is 2. The molecule has 1 aromatic carbocycles. The second-order valence-corrected chi connectivity index (χ2v) is 6.27. The number of hydrogen-bond acceptors (Lipinski definition) is 4. The third-order valence-electron chi connectivity index (χ3n) is 4.78. The van der Waals surface area contributed by atoms with Crippen LogP contribution in [0.3, 0.4) is 0 Å². The molecule has 2 aromatic rings. The molecular formula is C16H21N3O. The van der Waals surface area contributed by atoms with Crippen molar-refractivity contribution in [2.24, 2.45) is 5.41 Å². The molecule has 4 heteroatoms. The van der Waals surface area contributed by atoms with E-state index in [1.165, 1.54) is 32.2 Å². The molecule has 3 heterocycles. The number of nitrogens with one attached hydrogen (secondary N) is 1. The normalized spacial score (nSPS) is 27.3. The molecule has 20 heavy (non-hydrogen) atoms. The summed E-state index contributed by atoms with van der Waals surface area (Å²) in [7, 11) is 0. The monoisotopic (exact) mass is 271 g/mol. The van der Waals surface area contributed by atoms with Crippen molar-refractivity contribution in [2.75, 3.05) is 31.1 Å². The van der Waals surface area contributed by atoms with Gasteiger partial charge in [-0.2, -0.15) is 4.98 Å². The van der Waals surface area contributed by atoms with Gasteiger partial charge in [0.2, 0.25) is 0 Å². The minimum absolute atomic E-state index is 0.428. The highest BCUT2D eigenvalue weighted by atomic mass is 16.4. The van der Waals surface area contributed by atoms with Gasteiger partial charge < -0.3 is 14.6 Å². The Kier molecular flexibility index (Phi) is 2.91. The standard InChI is InChI=1S/C16H21N3O/c1-2-6-14-13(5-1)18-15(20-14)19-10-4-8-16(12-19)7-3-9-17-11-16/h1-2,5-6,17H,3-4,7-12H2. The van der Waals surface area contributed by atoms with Crippen LogP contribution in [0.4, 0.5) is 6.01 Å². The van der Waals surface area contributed by atoms with Crippen LogP contribution in [0.2, 0.25) is 0 Å². The highest BCUT2D eigenvalue weighted by molar-refractivity contribution is 5.74. The number of benzene rings is 1. The number of fused-ring (bicyclic) bond motifs is 1. The second-order valence-electron chi connectivity index (χ2n) is 6.27. The minimum Gasteiger partial charge on any atom is -0.423 e. The van der Waals surface area contributed by atoms with Gasteiger partial charge in [-0.1, -0.05) is 12.1 Å². The van der Waals surface area contributed by atoms with Gasteiger partial charge >= 0.3 is 0 Å². The van der Waals surface area contributed by atoms with Crippen molar-refractivity contribution in [1.82, 2.24) is 10.3 Å². The molecule has 2 aliphatic heterocycles. The van der Waals surface area contributed by atoms with Crippen molar-refractivity contribution in [2.45, 2.75) is 25.7 Å². The third-order valence-corrected chi connectivity index (χ3v) is 4.78. The topological polar surface area (TPSA) is 41.3 Å². The van der Waals surface area contributed by atoms with Crippen molar-refractivity contribution >= 4 is 17.1 Å². The van der Waals surface area contributed by atoms with E-state index in [0.29, 0.717) is 5.41 Å². The summed E-state index contributed by atoms with van der Waals surface area (Å²) in [5, 5.41) is 3.57. The predicted octanol–water partition coefficient (Wildman–Crippen LogP) is 2.80. The largest absolute Gasteiger partial charge is 0.423 e. The van der Waals surface area contributed by atoms with E-state index in [4.69, 9.17) is 4.42 Å². The van der Waals surface area contributed by atoms with Crippen LogP contribution in [0.25, 0.3) is 11.1 Å². The Morgan fingerprint density at radius 1 is 1.20 bits per heavy atom. The zero-order valence-electron chi connectivity index (χ0n) is 11.8. The number of aromatic nitrogens is 1. The molecule has 0 amide bonds. The number of piperidine rings is 2. The van der Waals surface area contributed by atoms with Crippen LogP contribution in [0.1, 0.15) is 25.7 Å². The van der Waals surface area contributed by atoms with E-state index >= 15 is 0 Å². The maximum absolute atomic E-state index is 5.94. The molecule has 1 aromatic heterocycles. The molecule has 1 spiro atoms. The number of hydrogen-bond donors (Lipinski definition) is 1. The van der Waals surface area contributed by atoms with E-state index in [0.717, 1.165) is 36.7 Å². The summed E-state index contributed by atoms with van der Waals surface area (Å²) < 4.78 is 5.94. The van der Waals surface area contributed by atoms with Gasteiger partial charge in [0.05, 0.1) is 0 Å². The van der Waals surface area contributed by atoms with Gasteiger partial charge in [0.1, 0.15) is 5.52 Å². The van der Waals surface area contributed by atoms with E-state index in [2.05, 4.69) is 15.2 Å². The summed E-state index contributed by atoms with van der Waals surface area (Å²) in [5.74, 6) is 0. The lowest BCUT2D eigenvalue weighted by molar-refractivity contribution is 0.170. The smallest absolute Gasteiger partial charge is 0.298 e. The Morgan fingerprint density at radius 3 is 2.95 bits per heavy atom. The fourth-order valence-electron chi connectivity index (χ4n) is 3.75. The third kappa shape index (κ3) is 2.08. The van der Waals surface area contributed by atoms with Crippen LogP contribution in [-0.2, 0) is 0 Å². The molecule has 1 unspecified atom stereocenters.